The van der Waals surface area contributed by atoms with Crippen LogP contribution in [0.4, 0.5) is 0 Å². The first-order chi connectivity index (χ1) is 10.2. The molecule has 21 heavy (non-hydrogen) atoms. The fourth-order valence-electron chi connectivity index (χ4n) is 3.01. The Morgan fingerprint density at radius 3 is 3.10 bits per heavy atom. The minimum atomic E-state index is 0.161. The number of Topliss-reactive ketones (excluding diaryl/α,β-unsaturated/α-hetero) is 1. The molecule has 1 fully saturated rings. The molecule has 3 heterocycles. The van der Waals surface area contributed by atoms with Crippen molar-refractivity contribution >= 4 is 17.1 Å². The van der Waals surface area contributed by atoms with Gasteiger partial charge in [-0.15, -0.1) is 11.3 Å². The van der Waals surface area contributed by atoms with Crippen molar-refractivity contribution in [3.8, 4) is 0 Å². The Morgan fingerprint density at radius 1 is 1.48 bits per heavy atom. The molecule has 0 N–H and O–H groups in total. The van der Waals surface area contributed by atoms with Gasteiger partial charge in [0.05, 0.1) is 4.88 Å². The molecule has 2 aromatic rings. The van der Waals surface area contributed by atoms with Crippen molar-refractivity contribution in [2.24, 2.45) is 0 Å². The second kappa shape index (κ2) is 6.50. The first-order valence-electron chi connectivity index (χ1n) is 7.46. The third-order valence-corrected chi connectivity index (χ3v) is 5.15. The van der Waals surface area contributed by atoms with E-state index < -0.39 is 0 Å². The molecule has 0 saturated carbocycles. The van der Waals surface area contributed by atoms with Crippen LogP contribution in [0, 0.1) is 0 Å². The van der Waals surface area contributed by atoms with E-state index in [9.17, 15) is 4.79 Å². The molecule has 1 saturated heterocycles. The Hall–Kier alpha value is -1.52. The number of carbonyl (C=O) groups excluding carboxylic acids is 1. The van der Waals surface area contributed by atoms with Crippen LogP contribution >= 0.6 is 11.3 Å². The Morgan fingerprint density at radius 2 is 2.38 bits per heavy atom. The number of hydrogen-bond acceptors (Lipinski definition) is 4. The number of ketones is 1. The molecule has 0 spiro atoms. The Balaban J connectivity index is 1.76. The van der Waals surface area contributed by atoms with E-state index in [2.05, 4.69) is 21.3 Å². The van der Waals surface area contributed by atoms with E-state index >= 15 is 0 Å². The molecule has 1 aliphatic rings. The second-order valence-corrected chi connectivity index (χ2v) is 6.56. The monoisotopic (exact) mass is 300 g/mol. The predicted molar refractivity (Wildman–Crippen MR) is 85.6 cm³/mol. The summed E-state index contributed by atoms with van der Waals surface area (Å²) in [6.45, 7) is 3.67. The van der Waals surface area contributed by atoms with Crippen molar-refractivity contribution < 1.29 is 4.79 Å². The number of carbonyl (C=O) groups is 1. The normalized spacial score (nSPS) is 19.6. The Kier molecular flexibility index (Phi) is 4.46. The molecule has 3 nitrogen and oxygen atoms in total. The third-order valence-electron chi connectivity index (χ3n) is 4.07. The minimum Gasteiger partial charge on any atom is -0.294 e. The average molecular weight is 300 g/mol. The molecule has 0 radical (unpaired) electrons. The van der Waals surface area contributed by atoms with Crippen molar-refractivity contribution in [1.29, 1.82) is 0 Å². The number of piperidine rings is 1. The van der Waals surface area contributed by atoms with Gasteiger partial charge in [-0.3, -0.25) is 14.7 Å². The van der Waals surface area contributed by atoms with Gasteiger partial charge in [-0.1, -0.05) is 12.5 Å². The van der Waals surface area contributed by atoms with Gasteiger partial charge in [0.2, 0.25) is 0 Å². The van der Waals surface area contributed by atoms with Crippen molar-refractivity contribution in [2.75, 3.05) is 6.54 Å². The standard InChI is InChI=1S/C17H20N2OS/c1-13(20)17-9-14(12-21-17)11-19-8-3-2-6-16(19)15-5-4-7-18-10-15/h4-5,7,9-10,12,16H,2-3,6,8,11H2,1H3/t16-/m0/s1. The van der Waals surface area contributed by atoms with Gasteiger partial charge in [0.1, 0.15) is 0 Å². The summed E-state index contributed by atoms with van der Waals surface area (Å²) in [7, 11) is 0. The first kappa shape index (κ1) is 14.4. The largest absolute Gasteiger partial charge is 0.294 e. The van der Waals surface area contributed by atoms with Gasteiger partial charge in [0.25, 0.3) is 0 Å². The minimum absolute atomic E-state index is 0.161. The van der Waals surface area contributed by atoms with Crippen molar-refractivity contribution in [3.63, 3.8) is 0 Å². The molecule has 4 heteroatoms. The molecular formula is C17H20N2OS. The average Bonchev–Trinajstić information content (AvgIpc) is 2.98. The summed E-state index contributed by atoms with van der Waals surface area (Å²) in [4.78, 5) is 19.1. The summed E-state index contributed by atoms with van der Waals surface area (Å²) >= 11 is 1.55. The van der Waals surface area contributed by atoms with Gasteiger partial charge in [0.15, 0.2) is 5.78 Å². The molecule has 0 unspecified atom stereocenters. The van der Waals surface area contributed by atoms with Gasteiger partial charge < -0.3 is 0 Å². The van der Waals surface area contributed by atoms with Crippen LogP contribution in [0.25, 0.3) is 0 Å². The molecule has 3 rings (SSSR count). The highest BCUT2D eigenvalue weighted by atomic mass is 32.1. The van der Waals surface area contributed by atoms with Gasteiger partial charge in [0, 0.05) is 25.0 Å². The molecule has 1 atom stereocenters. The highest BCUT2D eigenvalue weighted by Gasteiger charge is 2.24. The number of likely N-dealkylation sites (tertiary alicyclic amines) is 1. The van der Waals surface area contributed by atoms with E-state index in [4.69, 9.17) is 0 Å². The molecule has 110 valence electrons. The van der Waals surface area contributed by atoms with Gasteiger partial charge in [-0.05, 0) is 54.9 Å². The smallest absolute Gasteiger partial charge is 0.169 e. The fourth-order valence-corrected chi connectivity index (χ4v) is 3.81. The number of aromatic nitrogens is 1. The van der Waals surface area contributed by atoms with Crippen LogP contribution in [-0.2, 0) is 6.54 Å². The maximum atomic E-state index is 11.4. The second-order valence-electron chi connectivity index (χ2n) is 5.64. The Labute approximate surface area is 129 Å². The van der Waals surface area contributed by atoms with Crippen molar-refractivity contribution in [3.05, 3.63) is 52.0 Å². The van der Waals surface area contributed by atoms with Crippen LogP contribution in [0.2, 0.25) is 0 Å². The van der Waals surface area contributed by atoms with E-state index in [1.165, 1.54) is 30.4 Å². The van der Waals surface area contributed by atoms with Crippen LogP contribution in [-0.4, -0.2) is 22.2 Å². The van der Waals surface area contributed by atoms with Crippen LogP contribution in [0.1, 0.15) is 53.0 Å². The summed E-state index contributed by atoms with van der Waals surface area (Å²) < 4.78 is 0. The number of thiophene rings is 1. The van der Waals surface area contributed by atoms with E-state index in [1.54, 1.807) is 18.3 Å². The van der Waals surface area contributed by atoms with E-state index in [0.717, 1.165) is 18.0 Å². The topological polar surface area (TPSA) is 33.2 Å². The number of hydrogen-bond donors (Lipinski definition) is 0. The lowest BCUT2D eigenvalue weighted by Gasteiger charge is -2.35. The first-order valence-corrected chi connectivity index (χ1v) is 8.34. The highest BCUT2D eigenvalue weighted by molar-refractivity contribution is 7.12. The van der Waals surface area contributed by atoms with Crippen LogP contribution < -0.4 is 0 Å². The summed E-state index contributed by atoms with van der Waals surface area (Å²) in [6, 6.07) is 6.68. The summed E-state index contributed by atoms with van der Waals surface area (Å²) in [5.41, 5.74) is 2.56. The maximum absolute atomic E-state index is 11.4. The Bertz CT molecular complexity index is 608. The summed E-state index contributed by atoms with van der Waals surface area (Å²) in [5, 5.41) is 2.12. The van der Waals surface area contributed by atoms with Crippen LogP contribution in [0.15, 0.2) is 36.0 Å². The number of pyridine rings is 1. The predicted octanol–water partition coefficient (Wildman–Crippen LogP) is 4.07. The maximum Gasteiger partial charge on any atom is 0.169 e. The quantitative estimate of drug-likeness (QED) is 0.798. The molecule has 2 aromatic heterocycles. The van der Waals surface area contributed by atoms with Crippen LogP contribution in [0.3, 0.4) is 0 Å². The fraction of sp³-hybridized carbons (Fsp3) is 0.412. The summed E-state index contributed by atoms with van der Waals surface area (Å²) in [6.07, 6.45) is 7.53. The zero-order chi connectivity index (χ0) is 14.7. The van der Waals surface area contributed by atoms with Crippen LogP contribution in [0.5, 0.6) is 0 Å². The summed E-state index contributed by atoms with van der Waals surface area (Å²) in [5.74, 6) is 0.161. The molecule has 0 aromatic carbocycles. The van der Waals surface area contributed by atoms with Gasteiger partial charge in [-0.25, -0.2) is 0 Å². The molecule has 1 aliphatic heterocycles. The third kappa shape index (κ3) is 3.39. The van der Waals surface area contributed by atoms with Crippen molar-refractivity contribution in [1.82, 2.24) is 9.88 Å². The zero-order valence-corrected chi connectivity index (χ0v) is 13.1. The van der Waals surface area contributed by atoms with E-state index in [1.807, 2.05) is 24.5 Å². The molecular weight excluding hydrogens is 280 g/mol. The number of nitrogens with zero attached hydrogens (tertiary/aromatic N) is 2. The molecule has 0 bridgehead atoms. The van der Waals surface area contributed by atoms with E-state index in [-0.39, 0.29) is 5.78 Å². The SMILES string of the molecule is CC(=O)c1cc(CN2CCCC[C@H]2c2cccnc2)cs1. The van der Waals surface area contributed by atoms with E-state index in [0.29, 0.717) is 6.04 Å². The van der Waals surface area contributed by atoms with Crippen molar-refractivity contribution in [2.45, 2.75) is 38.8 Å². The molecule has 0 amide bonds. The lowest BCUT2D eigenvalue weighted by molar-refractivity contribution is 0.102. The number of rotatable bonds is 4. The molecule has 0 aliphatic carbocycles. The van der Waals surface area contributed by atoms with Gasteiger partial charge in [-0.2, -0.15) is 0 Å². The lowest BCUT2D eigenvalue weighted by atomic mass is 9.96. The van der Waals surface area contributed by atoms with Gasteiger partial charge >= 0.3 is 0 Å². The highest BCUT2D eigenvalue weighted by Crippen LogP contribution is 2.32. The lowest BCUT2D eigenvalue weighted by Crippen LogP contribution is -2.32. The zero-order valence-electron chi connectivity index (χ0n) is 12.3.